The average Bonchev–Trinajstić information content (AvgIpc) is 1.52. The molecular formula is C110H98B3Br2ILiO8. The van der Waals surface area contributed by atoms with E-state index in [0.717, 1.165) is 59.6 Å². The van der Waals surface area contributed by atoms with Crippen molar-refractivity contribution >= 4 is 82.0 Å². The molecule has 15 aromatic rings. The molecule has 1 aliphatic heterocycles. The quantitative estimate of drug-likeness (QED) is 0.0631. The average molecular weight is 1870 g/mol. The molecule has 8 nitrogen and oxygen atoms in total. The van der Waals surface area contributed by atoms with Crippen molar-refractivity contribution in [2.45, 2.75) is 109 Å². The normalized spacial score (nSPS) is 13.5. The number of hydrogen-bond acceptors (Lipinski definition) is 8. The molecule has 125 heavy (non-hydrogen) atoms. The van der Waals surface area contributed by atoms with E-state index in [1.165, 1.54) is 155 Å². The SMILES string of the molecule is Brc1ccccc1-c1cccc2c1-c1ccccc1C21c2ccccc2-c2ccccc21.Brc1ccccc1I.C1CCOC1.CC(C)OB(OC(C)C)OC(C)C.OB(O)c1cccc2c1-c1ccccc1C21c2ccccc2-c2ccccc21.O[B]Oc1ccccc1-c1cccc2c1-c1ccccc1C21c2ccccc2-c2ccccc21.[CH2-]CCC.[Li+]. The number of hydrogen-bond donors (Lipinski definition) is 3. The van der Waals surface area contributed by atoms with Crippen LogP contribution in [0.5, 0.6) is 5.75 Å². The number of fused-ring (bicyclic) bond motifs is 30. The molecule has 0 atom stereocenters. The monoisotopic (exact) mass is 1870 g/mol. The van der Waals surface area contributed by atoms with Crippen molar-refractivity contribution in [1.29, 1.82) is 0 Å². The van der Waals surface area contributed by atoms with Crippen LogP contribution in [0.25, 0.3) is 89.0 Å². The second kappa shape index (κ2) is 40.1. The van der Waals surface area contributed by atoms with Gasteiger partial charge >= 0.3 is 41.0 Å². The van der Waals surface area contributed by atoms with E-state index in [4.69, 9.17) is 23.4 Å². The molecule has 3 N–H and O–H groups in total. The molecule has 0 amide bonds. The first-order valence-corrected chi connectivity index (χ1v) is 45.6. The molecule has 617 valence electrons. The molecule has 1 fully saturated rings. The molecule has 22 rings (SSSR count). The Balaban J connectivity index is 0.000000124. The van der Waals surface area contributed by atoms with Crippen LogP contribution in [0, 0.1) is 10.5 Å². The third kappa shape index (κ3) is 16.8. The smallest absolute Gasteiger partial charge is 0.537 e. The van der Waals surface area contributed by atoms with Gasteiger partial charge in [0.2, 0.25) is 0 Å². The van der Waals surface area contributed by atoms with Crippen LogP contribution < -0.4 is 29.0 Å². The Morgan fingerprint density at radius 2 is 0.616 bits per heavy atom. The topological polar surface area (TPSA) is 107 Å². The van der Waals surface area contributed by atoms with E-state index in [1.54, 1.807) is 0 Å². The zero-order chi connectivity index (χ0) is 86.2. The van der Waals surface area contributed by atoms with Gasteiger partial charge in [-0.05, 0) is 273 Å². The summed E-state index contributed by atoms with van der Waals surface area (Å²) in [6, 6.07) is 123. The summed E-state index contributed by atoms with van der Waals surface area (Å²) < 4.78 is 30.3. The molecule has 7 aliphatic rings. The Morgan fingerprint density at radius 3 is 0.920 bits per heavy atom. The predicted octanol–water partition coefficient (Wildman–Crippen LogP) is 23.5. The second-order valence-electron chi connectivity index (χ2n) is 32.4. The van der Waals surface area contributed by atoms with Gasteiger partial charge in [-0.25, -0.2) is 0 Å². The van der Waals surface area contributed by atoms with Crippen molar-refractivity contribution in [1.82, 2.24) is 0 Å². The molecule has 0 unspecified atom stereocenters. The van der Waals surface area contributed by atoms with Crippen molar-refractivity contribution in [2.75, 3.05) is 13.2 Å². The van der Waals surface area contributed by atoms with Crippen LogP contribution >= 0.6 is 54.5 Å². The molecule has 1 heterocycles. The first-order chi connectivity index (χ1) is 60.5. The molecule has 15 heteroatoms. The third-order valence-electron chi connectivity index (χ3n) is 24.1. The maximum Gasteiger partial charge on any atom is 1.00 e. The van der Waals surface area contributed by atoms with E-state index in [0.29, 0.717) is 11.2 Å². The van der Waals surface area contributed by atoms with E-state index in [9.17, 15) is 15.1 Å². The first kappa shape index (κ1) is 90.1. The van der Waals surface area contributed by atoms with Gasteiger partial charge in [-0.2, -0.15) is 6.42 Å². The van der Waals surface area contributed by atoms with Gasteiger partial charge < -0.3 is 45.4 Å². The largest absolute Gasteiger partial charge is 1.00 e. The van der Waals surface area contributed by atoms with Crippen LogP contribution in [0.2, 0.25) is 0 Å². The van der Waals surface area contributed by atoms with Gasteiger partial charge in [0.25, 0.3) is 0 Å². The fourth-order valence-electron chi connectivity index (χ4n) is 19.4. The van der Waals surface area contributed by atoms with Crippen molar-refractivity contribution in [2.24, 2.45) is 0 Å². The summed E-state index contributed by atoms with van der Waals surface area (Å²) in [6.45, 7) is 19.5. The Bertz CT molecular complexity index is 6160. The zero-order valence-corrected chi connectivity index (χ0v) is 77.2. The Kier molecular flexibility index (Phi) is 28.9. The van der Waals surface area contributed by atoms with Gasteiger partial charge in [-0.1, -0.05) is 351 Å². The number of para-hydroxylation sites is 1. The van der Waals surface area contributed by atoms with Crippen LogP contribution in [-0.2, 0) is 34.9 Å². The number of benzene rings is 15. The summed E-state index contributed by atoms with van der Waals surface area (Å²) in [7, 11) is -1.30. The number of ether oxygens (including phenoxy) is 1. The first-order valence-electron chi connectivity index (χ1n) is 42.9. The molecule has 0 bridgehead atoms. The molecule has 0 aromatic heterocycles. The van der Waals surface area contributed by atoms with Crippen LogP contribution in [-0.4, -0.2) is 68.7 Å². The van der Waals surface area contributed by atoms with Crippen LogP contribution in [0.3, 0.4) is 0 Å². The molecule has 0 saturated carbocycles. The standard InChI is InChI=1S/C31H20BO2.C31H19Br.C25H17BO2.C9H21BO3.C6H4BrI.C4H8O.C4H9.Li/c33-32-34-29-19-8-4-12-22(29)23-14-9-18-28-30(23)24-13-3-7-17-27(24)31(28)25-15-5-1-10-20(25)21-11-2-6-16-26(21)31;32-29-19-8-4-12-22(29)23-14-9-18-28-30(23)24-13-3-7-17-27(24)31(28)25-15-5-1-10-20(25)21-11-2-6-16-26(21)31;27-26(28)23-15-7-14-22-24(23)18-10-3-6-13-21(18)25(22)19-11-4-1-8-16(19)17-9-2-5-12-20(17)25;1-7(2)11-10(12-8(3)4)13-9(5)6;7-5-3-1-2-4-6(5)8;1-2-4-5-3-1;1-3-4-2;/h1-19,33H;1-19H;1-15,27-28H;7-9H,1-6H3;1-4H;1-4H2;1,3-4H2,2H3;/q;;;;;;-1;+1. The van der Waals surface area contributed by atoms with Crippen LogP contribution in [0.4, 0.5) is 0 Å². The van der Waals surface area contributed by atoms with E-state index in [1.807, 2.05) is 96.1 Å². The summed E-state index contributed by atoms with van der Waals surface area (Å²) in [6.07, 6.45) is 5.17. The van der Waals surface area contributed by atoms with Gasteiger partial charge in [0, 0.05) is 49.6 Å². The number of rotatable bonds is 12. The minimum Gasteiger partial charge on any atom is -0.537 e. The maximum absolute atomic E-state index is 10.1. The summed E-state index contributed by atoms with van der Waals surface area (Å²) in [5.74, 6) is 0.629. The molecular weight excluding hydrogens is 1780 g/mol. The van der Waals surface area contributed by atoms with Crippen molar-refractivity contribution in [3.05, 3.63) is 432 Å². The van der Waals surface area contributed by atoms with E-state index < -0.39 is 19.9 Å². The van der Waals surface area contributed by atoms with Crippen LogP contribution in [0.15, 0.2) is 355 Å². The van der Waals surface area contributed by atoms with Crippen molar-refractivity contribution < 1.29 is 57.3 Å². The van der Waals surface area contributed by atoms with Gasteiger partial charge in [0.15, 0.2) is 0 Å². The van der Waals surface area contributed by atoms with Gasteiger partial charge in [0.1, 0.15) is 5.75 Å². The van der Waals surface area contributed by atoms with Gasteiger partial charge in [0.05, 0.1) is 16.2 Å². The Labute approximate surface area is 781 Å². The summed E-state index contributed by atoms with van der Waals surface area (Å²) in [5.41, 5.74) is 34.6. The molecule has 15 aromatic carbocycles. The van der Waals surface area contributed by atoms with Gasteiger partial charge in [-0.15, -0.1) is 0 Å². The fraction of sp³-hybridized carbons (Fsp3) is 0.173. The molecule has 6 aliphatic carbocycles. The number of unbranched alkanes of at least 4 members (excludes halogenated alkanes) is 1. The Hall–Kier alpha value is -9.70. The van der Waals surface area contributed by atoms with E-state index in [-0.39, 0.29) is 48.0 Å². The van der Waals surface area contributed by atoms with E-state index in [2.05, 4.69) is 359 Å². The van der Waals surface area contributed by atoms with Crippen molar-refractivity contribution in [3.8, 4) is 94.8 Å². The van der Waals surface area contributed by atoms with Gasteiger partial charge in [-0.3, -0.25) is 0 Å². The third-order valence-corrected chi connectivity index (χ3v) is 27.1. The zero-order valence-electron chi connectivity index (χ0n) is 71.8. The minimum absolute atomic E-state index is 0. The minimum atomic E-state index is -1.51. The van der Waals surface area contributed by atoms with Crippen LogP contribution in [0.1, 0.15) is 141 Å². The number of halogens is 3. The van der Waals surface area contributed by atoms with E-state index >= 15 is 0 Å². The molecule has 1 saturated heterocycles. The predicted molar refractivity (Wildman–Crippen MR) is 527 cm³/mol. The summed E-state index contributed by atoms with van der Waals surface area (Å²) in [5, 5.41) is 29.6. The Morgan fingerprint density at radius 1 is 0.352 bits per heavy atom. The summed E-state index contributed by atoms with van der Waals surface area (Å²) in [4.78, 5) is 0. The second-order valence-corrected chi connectivity index (χ2v) is 35.3. The fourth-order valence-corrected chi connectivity index (χ4v) is 20.5. The maximum atomic E-state index is 10.1. The van der Waals surface area contributed by atoms with Crippen molar-refractivity contribution in [3.63, 3.8) is 0 Å². The summed E-state index contributed by atoms with van der Waals surface area (Å²) >= 11 is 9.47. The molecule has 1 radical (unpaired) electrons. The molecule has 3 spiro atoms.